The third-order valence-corrected chi connectivity index (χ3v) is 4.14. The molecule has 0 radical (unpaired) electrons. The highest BCUT2D eigenvalue weighted by molar-refractivity contribution is 7.80. The van der Waals surface area contributed by atoms with E-state index in [2.05, 4.69) is 43.2 Å². The van der Waals surface area contributed by atoms with Crippen molar-refractivity contribution in [2.45, 2.75) is 46.2 Å². The molecule has 22 heavy (non-hydrogen) atoms. The maximum Gasteiger partial charge on any atom is 0.166 e. The van der Waals surface area contributed by atoms with Crippen molar-refractivity contribution in [1.82, 2.24) is 15.5 Å². The molecule has 0 saturated heterocycles. The first kappa shape index (κ1) is 19.2. The Kier molecular flexibility index (Phi) is 8.76. The van der Waals surface area contributed by atoms with Gasteiger partial charge in [0.25, 0.3) is 0 Å². The molecule has 0 aliphatic heterocycles. The summed E-state index contributed by atoms with van der Waals surface area (Å²) >= 11 is 11.2. The second-order valence-electron chi connectivity index (χ2n) is 5.98. The summed E-state index contributed by atoms with van der Waals surface area (Å²) in [4.78, 5) is 2.45. The molecule has 124 valence electrons. The number of nitrogens with one attached hydrogen (secondary N) is 2. The van der Waals surface area contributed by atoms with Crippen LogP contribution >= 0.6 is 23.8 Å². The number of halogens is 1. The quantitative estimate of drug-likeness (QED) is 0.708. The molecule has 1 aromatic carbocycles. The Morgan fingerprint density at radius 1 is 1.05 bits per heavy atom. The summed E-state index contributed by atoms with van der Waals surface area (Å²) in [5.41, 5.74) is 1.26. The first-order valence-corrected chi connectivity index (χ1v) is 8.70. The van der Waals surface area contributed by atoms with E-state index in [-0.39, 0.29) is 0 Å². The molecule has 1 aromatic rings. The number of thiocarbonyl (C=S) groups is 1. The van der Waals surface area contributed by atoms with E-state index < -0.39 is 0 Å². The highest BCUT2D eigenvalue weighted by Gasteiger charge is 2.12. The van der Waals surface area contributed by atoms with E-state index >= 15 is 0 Å². The van der Waals surface area contributed by atoms with Crippen molar-refractivity contribution < 1.29 is 0 Å². The Labute approximate surface area is 145 Å². The molecule has 0 heterocycles. The standard InChI is InChI=1S/C17H28ClN3S/c1-13(2)21(14(3)4)12-11-20-17(22)19-10-9-15-5-7-16(18)8-6-15/h5-8,13-14H,9-12H2,1-4H3,(H2,19,20,22). The van der Waals surface area contributed by atoms with Gasteiger partial charge in [0, 0.05) is 36.7 Å². The minimum Gasteiger partial charge on any atom is -0.362 e. The predicted octanol–water partition coefficient (Wildman–Crippen LogP) is 3.47. The molecule has 0 atom stereocenters. The Bertz CT molecular complexity index is 438. The van der Waals surface area contributed by atoms with Gasteiger partial charge in [0.05, 0.1) is 0 Å². The molecule has 0 bridgehead atoms. The van der Waals surface area contributed by atoms with Crippen LogP contribution in [0.2, 0.25) is 5.02 Å². The highest BCUT2D eigenvalue weighted by Crippen LogP contribution is 2.09. The van der Waals surface area contributed by atoms with Crippen LogP contribution in [0.3, 0.4) is 0 Å². The van der Waals surface area contributed by atoms with Gasteiger partial charge >= 0.3 is 0 Å². The van der Waals surface area contributed by atoms with Crippen LogP contribution in [0.4, 0.5) is 0 Å². The zero-order valence-electron chi connectivity index (χ0n) is 14.0. The Morgan fingerprint density at radius 2 is 1.59 bits per heavy atom. The first-order valence-electron chi connectivity index (χ1n) is 7.92. The maximum atomic E-state index is 5.87. The van der Waals surface area contributed by atoms with Gasteiger partial charge in [-0.3, -0.25) is 4.90 Å². The summed E-state index contributed by atoms with van der Waals surface area (Å²) in [7, 11) is 0. The molecule has 0 amide bonds. The molecule has 0 aromatic heterocycles. The van der Waals surface area contributed by atoms with E-state index in [1.807, 2.05) is 24.3 Å². The van der Waals surface area contributed by atoms with Gasteiger partial charge in [-0.15, -0.1) is 0 Å². The van der Waals surface area contributed by atoms with Crippen LogP contribution in [0.1, 0.15) is 33.3 Å². The minimum absolute atomic E-state index is 0.549. The van der Waals surface area contributed by atoms with Gasteiger partial charge in [0.1, 0.15) is 0 Å². The maximum absolute atomic E-state index is 5.87. The van der Waals surface area contributed by atoms with Gasteiger partial charge in [0.15, 0.2) is 5.11 Å². The smallest absolute Gasteiger partial charge is 0.166 e. The average Bonchev–Trinajstić information content (AvgIpc) is 2.45. The van der Waals surface area contributed by atoms with Crippen LogP contribution in [0.25, 0.3) is 0 Å². The van der Waals surface area contributed by atoms with Crippen molar-refractivity contribution >= 4 is 28.9 Å². The number of rotatable bonds is 8. The van der Waals surface area contributed by atoms with E-state index in [9.17, 15) is 0 Å². The second-order valence-corrected chi connectivity index (χ2v) is 6.83. The van der Waals surface area contributed by atoms with Crippen LogP contribution in [0, 0.1) is 0 Å². The third-order valence-electron chi connectivity index (χ3n) is 3.59. The lowest BCUT2D eigenvalue weighted by Gasteiger charge is -2.30. The summed E-state index contributed by atoms with van der Waals surface area (Å²) in [5, 5.41) is 8.02. The van der Waals surface area contributed by atoms with Crippen LogP contribution < -0.4 is 10.6 Å². The van der Waals surface area contributed by atoms with Gasteiger partial charge in [-0.2, -0.15) is 0 Å². The van der Waals surface area contributed by atoms with E-state index in [0.29, 0.717) is 12.1 Å². The Morgan fingerprint density at radius 3 is 2.14 bits per heavy atom. The normalized spacial score (nSPS) is 11.3. The lowest BCUT2D eigenvalue weighted by Crippen LogP contribution is -2.44. The van der Waals surface area contributed by atoms with Gasteiger partial charge in [-0.1, -0.05) is 23.7 Å². The average molecular weight is 342 g/mol. The van der Waals surface area contributed by atoms with Gasteiger partial charge < -0.3 is 10.6 Å². The molecule has 0 aliphatic carbocycles. The van der Waals surface area contributed by atoms with Crippen molar-refractivity contribution in [2.75, 3.05) is 19.6 Å². The SMILES string of the molecule is CC(C)N(CCNC(=S)NCCc1ccc(Cl)cc1)C(C)C. The van der Waals surface area contributed by atoms with E-state index in [1.54, 1.807) is 0 Å². The van der Waals surface area contributed by atoms with Crippen LogP contribution in [0.15, 0.2) is 24.3 Å². The lowest BCUT2D eigenvalue weighted by molar-refractivity contribution is 0.178. The molecule has 2 N–H and O–H groups in total. The predicted molar refractivity (Wildman–Crippen MR) is 101 cm³/mol. The molecule has 0 aliphatic rings. The second kappa shape index (κ2) is 10.0. The monoisotopic (exact) mass is 341 g/mol. The molecule has 0 fully saturated rings. The summed E-state index contributed by atoms with van der Waals surface area (Å²) in [6.07, 6.45) is 0.934. The van der Waals surface area contributed by atoms with E-state index in [4.69, 9.17) is 23.8 Å². The molecule has 0 spiro atoms. The van der Waals surface area contributed by atoms with Crippen molar-refractivity contribution in [3.63, 3.8) is 0 Å². The fraction of sp³-hybridized carbons (Fsp3) is 0.588. The molecule has 0 saturated carbocycles. The highest BCUT2D eigenvalue weighted by atomic mass is 35.5. The number of hydrogen-bond donors (Lipinski definition) is 2. The summed E-state index contributed by atoms with van der Waals surface area (Å²) in [6.45, 7) is 11.6. The van der Waals surface area contributed by atoms with E-state index in [0.717, 1.165) is 36.2 Å². The molecule has 3 nitrogen and oxygen atoms in total. The summed E-state index contributed by atoms with van der Waals surface area (Å²) < 4.78 is 0. The molecule has 0 unspecified atom stereocenters. The number of hydrogen-bond acceptors (Lipinski definition) is 2. The van der Waals surface area contributed by atoms with Crippen molar-refractivity contribution in [3.05, 3.63) is 34.9 Å². The molecular formula is C17H28ClN3S. The fourth-order valence-corrected chi connectivity index (χ4v) is 2.78. The van der Waals surface area contributed by atoms with E-state index in [1.165, 1.54) is 5.56 Å². The van der Waals surface area contributed by atoms with Gasteiger partial charge in [-0.25, -0.2) is 0 Å². The first-order chi connectivity index (χ1) is 10.4. The van der Waals surface area contributed by atoms with Crippen molar-refractivity contribution in [2.24, 2.45) is 0 Å². The van der Waals surface area contributed by atoms with Gasteiger partial charge in [-0.05, 0) is 64.0 Å². The van der Waals surface area contributed by atoms with Crippen LogP contribution in [0.5, 0.6) is 0 Å². The zero-order chi connectivity index (χ0) is 16.5. The Balaban J connectivity index is 2.19. The summed E-state index contributed by atoms with van der Waals surface area (Å²) in [6, 6.07) is 9.02. The molecule has 1 rings (SSSR count). The van der Waals surface area contributed by atoms with Crippen molar-refractivity contribution in [3.8, 4) is 0 Å². The minimum atomic E-state index is 0.549. The topological polar surface area (TPSA) is 27.3 Å². The number of benzene rings is 1. The Hall–Kier alpha value is -0.840. The number of nitrogens with zero attached hydrogens (tertiary/aromatic N) is 1. The fourth-order valence-electron chi connectivity index (χ4n) is 2.45. The van der Waals surface area contributed by atoms with Gasteiger partial charge in [0.2, 0.25) is 0 Å². The zero-order valence-corrected chi connectivity index (χ0v) is 15.6. The van der Waals surface area contributed by atoms with Crippen LogP contribution in [-0.2, 0) is 6.42 Å². The summed E-state index contributed by atoms with van der Waals surface area (Å²) in [5.74, 6) is 0. The van der Waals surface area contributed by atoms with Crippen molar-refractivity contribution in [1.29, 1.82) is 0 Å². The lowest BCUT2D eigenvalue weighted by atomic mass is 10.1. The van der Waals surface area contributed by atoms with Crippen LogP contribution in [-0.4, -0.2) is 41.7 Å². The molecule has 5 heteroatoms. The third kappa shape index (κ3) is 7.43. The largest absolute Gasteiger partial charge is 0.362 e. The molecular weight excluding hydrogens is 314 g/mol.